The number of nitrogens with zero attached hydrogens (tertiary/aromatic N) is 1. The van der Waals surface area contributed by atoms with Crippen molar-refractivity contribution in [2.45, 2.75) is 13.5 Å². The lowest BCUT2D eigenvalue weighted by Crippen LogP contribution is -2.14. The first kappa shape index (κ1) is 13.4. The van der Waals surface area contributed by atoms with Crippen LogP contribution in [0.15, 0.2) is 16.7 Å². The van der Waals surface area contributed by atoms with Gasteiger partial charge in [0.25, 0.3) is 0 Å². The van der Waals surface area contributed by atoms with Crippen molar-refractivity contribution in [1.82, 2.24) is 10.3 Å². The number of pyridine rings is 1. The van der Waals surface area contributed by atoms with E-state index in [0.29, 0.717) is 19.1 Å². The molecule has 0 fully saturated rings. The Bertz CT molecular complexity index is 321. The predicted molar refractivity (Wildman–Crippen MR) is 66.7 cm³/mol. The van der Waals surface area contributed by atoms with Gasteiger partial charge in [-0.25, -0.2) is 4.98 Å². The molecule has 1 aromatic rings. The first-order valence-electron chi connectivity index (χ1n) is 5.24. The smallest absolute Gasteiger partial charge is 0.217 e. The summed E-state index contributed by atoms with van der Waals surface area (Å²) >= 11 is 3.40. The van der Waals surface area contributed by atoms with Gasteiger partial charge in [0, 0.05) is 29.9 Å². The number of nitrogens with one attached hydrogen (secondary N) is 1. The standard InChI is InChI=1S/C11H17BrN2O2/c1-3-13-7-9-6-10(12)8-14-11(9)16-5-4-15-2/h6,8,13H,3-5,7H2,1-2H3. The van der Waals surface area contributed by atoms with Crippen LogP contribution >= 0.6 is 15.9 Å². The van der Waals surface area contributed by atoms with Crippen molar-refractivity contribution < 1.29 is 9.47 Å². The lowest BCUT2D eigenvalue weighted by molar-refractivity contribution is 0.143. The third kappa shape index (κ3) is 4.47. The molecule has 5 heteroatoms. The summed E-state index contributed by atoms with van der Waals surface area (Å²) in [5, 5.41) is 3.25. The minimum atomic E-state index is 0.518. The first-order valence-corrected chi connectivity index (χ1v) is 6.04. The predicted octanol–water partition coefficient (Wildman–Crippen LogP) is 1.98. The zero-order chi connectivity index (χ0) is 11.8. The van der Waals surface area contributed by atoms with E-state index in [0.717, 1.165) is 23.1 Å². The second kappa shape index (κ2) is 7.60. The summed E-state index contributed by atoms with van der Waals surface area (Å²) in [5.41, 5.74) is 1.05. The maximum Gasteiger partial charge on any atom is 0.217 e. The van der Waals surface area contributed by atoms with Crippen molar-refractivity contribution in [2.24, 2.45) is 0 Å². The molecule has 0 saturated carbocycles. The molecule has 1 rings (SSSR count). The highest BCUT2D eigenvalue weighted by molar-refractivity contribution is 9.10. The lowest BCUT2D eigenvalue weighted by Gasteiger charge is -2.10. The molecule has 90 valence electrons. The van der Waals surface area contributed by atoms with Crippen LogP contribution in [0.3, 0.4) is 0 Å². The van der Waals surface area contributed by atoms with E-state index in [1.165, 1.54) is 0 Å². The second-order valence-corrected chi connectivity index (χ2v) is 4.16. The largest absolute Gasteiger partial charge is 0.475 e. The molecule has 0 aromatic carbocycles. The fraction of sp³-hybridized carbons (Fsp3) is 0.545. The molecular weight excluding hydrogens is 272 g/mol. The Morgan fingerprint density at radius 3 is 2.94 bits per heavy atom. The number of ether oxygens (including phenoxy) is 2. The van der Waals surface area contributed by atoms with Gasteiger partial charge in [-0.05, 0) is 28.5 Å². The van der Waals surface area contributed by atoms with Gasteiger partial charge in [0.2, 0.25) is 5.88 Å². The Kier molecular flexibility index (Phi) is 6.37. The molecule has 1 aromatic heterocycles. The Morgan fingerprint density at radius 2 is 2.25 bits per heavy atom. The molecule has 0 amide bonds. The van der Waals surface area contributed by atoms with Crippen LogP contribution in [0.2, 0.25) is 0 Å². The van der Waals surface area contributed by atoms with Crippen LogP contribution in [0.5, 0.6) is 5.88 Å². The minimum absolute atomic E-state index is 0.518. The third-order valence-electron chi connectivity index (χ3n) is 1.98. The van der Waals surface area contributed by atoms with Gasteiger partial charge in [0.1, 0.15) is 6.61 Å². The Balaban J connectivity index is 2.64. The summed E-state index contributed by atoms with van der Waals surface area (Å²) in [6.45, 7) is 4.83. The average Bonchev–Trinajstić information content (AvgIpc) is 2.29. The Hall–Kier alpha value is -0.650. The zero-order valence-electron chi connectivity index (χ0n) is 9.62. The number of hydrogen-bond acceptors (Lipinski definition) is 4. The zero-order valence-corrected chi connectivity index (χ0v) is 11.2. The molecular formula is C11H17BrN2O2. The minimum Gasteiger partial charge on any atom is -0.475 e. The lowest BCUT2D eigenvalue weighted by atomic mass is 10.2. The molecule has 4 nitrogen and oxygen atoms in total. The highest BCUT2D eigenvalue weighted by atomic mass is 79.9. The van der Waals surface area contributed by atoms with Crippen molar-refractivity contribution >= 4 is 15.9 Å². The SMILES string of the molecule is CCNCc1cc(Br)cnc1OCCOC. The Morgan fingerprint density at radius 1 is 1.44 bits per heavy atom. The van der Waals surface area contributed by atoms with Crippen molar-refractivity contribution in [1.29, 1.82) is 0 Å². The summed E-state index contributed by atoms with van der Waals surface area (Å²) < 4.78 is 11.4. The molecule has 0 atom stereocenters. The molecule has 0 unspecified atom stereocenters. The highest BCUT2D eigenvalue weighted by Gasteiger charge is 2.05. The molecule has 0 aliphatic rings. The maximum absolute atomic E-state index is 5.53. The molecule has 0 saturated heterocycles. The monoisotopic (exact) mass is 288 g/mol. The third-order valence-corrected chi connectivity index (χ3v) is 2.42. The van der Waals surface area contributed by atoms with Gasteiger partial charge in [-0.2, -0.15) is 0 Å². The summed E-state index contributed by atoms with van der Waals surface area (Å²) in [6.07, 6.45) is 1.73. The molecule has 1 heterocycles. The van der Waals surface area contributed by atoms with Crippen LogP contribution in [-0.2, 0) is 11.3 Å². The molecule has 1 N–H and O–H groups in total. The molecule has 0 aliphatic heterocycles. The summed E-state index contributed by atoms with van der Waals surface area (Å²) in [6, 6.07) is 2.01. The van der Waals surface area contributed by atoms with E-state index in [-0.39, 0.29) is 0 Å². The number of methoxy groups -OCH3 is 1. The van der Waals surface area contributed by atoms with E-state index in [1.807, 2.05) is 6.07 Å². The van der Waals surface area contributed by atoms with Gasteiger partial charge in [-0.3, -0.25) is 0 Å². The van der Waals surface area contributed by atoms with Crippen LogP contribution < -0.4 is 10.1 Å². The van der Waals surface area contributed by atoms with Crippen LogP contribution in [0, 0.1) is 0 Å². The quantitative estimate of drug-likeness (QED) is 0.779. The first-order chi connectivity index (χ1) is 7.77. The maximum atomic E-state index is 5.53. The fourth-order valence-corrected chi connectivity index (χ4v) is 1.59. The molecule has 0 aliphatic carbocycles. The van der Waals surface area contributed by atoms with Crippen molar-refractivity contribution in [3.05, 3.63) is 22.3 Å². The number of hydrogen-bond donors (Lipinski definition) is 1. The van der Waals surface area contributed by atoms with Crippen molar-refractivity contribution in [3.8, 4) is 5.88 Å². The van der Waals surface area contributed by atoms with E-state index in [2.05, 4.69) is 33.2 Å². The number of rotatable bonds is 7. The molecule has 0 radical (unpaired) electrons. The molecule has 0 spiro atoms. The summed E-state index contributed by atoms with van der Waals surface area (Å²) in [4.78, 5) is 4.24. The van der Waals surface area contributed by atoms with E-state index >= 15 is 0 Å². The number of halogens is 1. The summed E-state index contributed by atoms with van der Waals surface area (Å²) in [7, 11) is 1.65. The fourth-order valence-electron chi connectivity index (χ4n) is 1.21. The van der Waals surface area contributed by atoms with Crippen molar-refractivity contribution in [3.63, 3.8) is 0 Å². The van der Waals surface area contributed by atoms with E-state index in [1.54, 1.807) is 13.3 Å². The molecule has 0 bridgehead atoms. The van der Waals surface area contributed by atoms with E-state index in [9.17, 15) is 0 Å². The van der Waals surface area contributed by atoms with Gasteiger partial charge >= 0.3 is 0 Å². The van der Waals surface area contributed by atoms with Crippen LogP contribution in [0.1, 0.15) is 12.5 Å². The van der Waals surface area contributed by atoms with E-state index < -0.39 is 0 Å². The van der Waals surface area contributed by atoms with Gasteiger partial charge in [0.05, 0.1) is 6.61 Å². The Labute approximate surface area is 104 Å². The number of aromatic nitrogens is 1. The molecule has 16 heavy (non-hydrogen) atoms. The topological polar surface area (TPSA) is 43.4 Å². The van der Waals surface area contributed by atoms with Crippen molar-refractivity contribution in [2.75, 3.05) is 26.9 Å². The normalized spacial score (nSPS) is 10.4. The van der Waals surface area contributed by atoms with Gasteiger partial charge in [-0.1, -0.05) is 6.92 Å². The van der Waals surface area contributed by atoms with E-state index in [4.69, 9.17) is 9.47 Å². The van der Waals surface area contributed by atoms with Crippen LogP contribution in [-0.4, -0.2) is 31.9 Å². The summed E-state index contributed by atoms with van der Waals surface area (Å²) in [5.74, 6) is 0.668. The van der Waals surface area contributed by atoms with Crippen LogP contribution in [0.4, 0.5) is 0 Å². The average molecular weight is 289 g/mol. The van der Waals surface area contributed by atoms with Gasteiger partial charge < -0.3 is 14.8 Å². The van der Waals surface area contributed by atoms with Gasteiger partial charge in [-0.15, -0.1) is 0 Å². The van der Waals surface area contributed by atoms with Crippen LogP contribution in [0.25, 0.3) is 0 Å². The van der Waals surface area contributed by atoms with Gasteiger partial charge in [0.15, 0.2) is 0 Å². The second-order valence-electron chi connectivity index (χ2n) is 3.24. The highest BCUT2D eigenvalue weighted by Crippen LogP contribution is 2.19.